The van der Waals surface area contributed by atoms with Crippen LogP contribution >= 0.6 is 0 Å². The van der Waals surface area contributed by atoms with Crippen molar-refractivity contribution in [3.05, 3.63) is 88.6 Å². The molecule has 46 heavy (non-hydrogen) atoms. The number of benzene rings is 3. The Morgan fingerprint density at radius 2 is 1.76 bits per heavy atom. The van der Waals surface area contributed by atoms with Crippen LogP contribution in [0.5, 0.6) is 28.7 Å². The predicted octanol–water partition coefficient (Wildman–Crippen LogP) is 6.17. The molecule has 1 aromatic heterocycles. The molecule has 5 rings (SSSR count). The van der Waals surface area contributed by atoms with Crippen molar-refractivity contribution in [2.24, 2.45) is 0 Å². The molecule has 0 fully saturated rings. The number of aryl methyl sites for hydroxylation is 1. The van der Waals surface area contributed by atoms with E-state index in [9.17, 15) is 14.7 Å². The number of ether oxygens (including phenoxy) is 6. The lowest BCUT2D eigenvalue weighted by Crippen LogP contribution is -2.09. The number of fused-ring (bicyclic) bond motifs is 1. The number of carbonyl (C=O) groups is 2. The smallest absolute Gasteiger partial charge is 0.338 e. The number of rotatable bonds is 14. The SMILES string of the molecule is CCCCn1ncc(C=C(Cc2cc3c(cc2OC)OCO3)C(=O)O)c1-c1ccc(OC)cc1OCc1ccccc1C(=O)OC. The van der Waals surface area contributed by atoms with Gasteiger partial charge in [0, 0.05) is 52.9 Å². The highest BCUT2D eigenvalue weighted by atomic mass is 16.7. The van der Waals surface area contributed by atoms with Crippen molar-refractivity contribution in [1.29, 1.82) is 0 Å². The van der Waals surface area contributed by atoms with Gasteiger partial charge in [-0.15, -0.1) is 0 Å². The Morgan fingerprint density at radius 1 is 0.978 bits per heavy atom. The van der Waals surface area contributed by atoms with Gasteiger partial charge in [0.15, 0.2) is 11.5 Å². The fourth-order valence-electron chi connectivity index (χ4n) is 5.21. The van der Waals surface area contributed by atoms with E-state index in [1.54, 1.807) is 55.8 Å². The van der Waals surface area contributed by atoms with Crippen LogP contribution in [0.2, 0.25) is 0 Å². The topological polar surface area (TPSA) is 128 Å². The standard InChI is InChI=1S/C35H36N2O9/c1-5-6-13-37-33(28-12-11-26(41-2)17-30(28)44-20-22-9-7-8-10-27(22)35(40)43-4)25(19-36-37)15-24(34(38)39)14-23-16-31-32(46-21-45-31)18-29(23)42-3/h7-12,15-19H,5-6,13-14,20-21H2,1-4H3,(H,38,39). The second kappa shape index (κ2) is 14.6. The maximum Gasteiger partial charge on any atom is 0.338 e. The van der Waals surface area contributed by atoms with E-state index in [1.807, 2.05) is 22.9 Å². The highest BCUT2D eigenvalue weighted by molar-refractivity contribution is 5.94. The van der Waals surface area contributed by atoms with Crippen molar-refractivity contribution in [2.45, 2.75) is 39.3 Å². The van der Waals surface area contributed by atoms with Crippen LogP contribution in [0.3, 0.4) is 0 Å². The third-order valence-electron chi connectivity index (χ3n) is 7.60. The molecule has 2 heterocycles. The van der Waals surface area contributed by atoms with Crippen molar-refractivity contribution in [1.82, 2.24) is 9.78 Å². The molecule has 0 amide bonds. The van der Waals surface area contributed by atoms with Crippen molar-refractivity contribution in [3.63, 3.8) is 0 Å². The molecule has 0 saturated carbocycles. The highest BCUT2D eigenvalue weighted by Crippen LogP contribution is 2.40. The average Bonchev–Trinajstić information content (AvgIpc) is 3.71. The molecule has 0 aliphatic carbocycles. The van der Waals surface area contributed by atoms with Gasteiger partial charge in [0.05, 0.1) is 38.8 Å². The first-order chi connectivity index (χ1) is 22.4. The molecule has 11 nitrogen and oxygen atoms in total. The quantitative estimate of drug-likeness (QED) is 0.128. The van der Waals surface area contributed by atoms with Crippen LogP contribution in [0, 0.1) is 0 Å². The van der Waals surface area contributed by atoms with Crippen molar-refractivity contribution >= 4 is 18.0 Å². The summed E-state index contributed by atoms with van der Waals surface area (Å²) in [5.74, 6) is 1.06. The first kappa shape index (κ1) is 32.0. The number of aromatic nitrogens is 2. The Balaban J connectivity index is 1.57. The first-order valence-corrected chi connectivity index (χ1v) is 14.8. The molecule has 11 heteroatoms. The molecule has 4 aromatic rings. The molecule has 0 saturated heterocycles. The third-order valence-corrected chi connectivity index (χ3v) is 7.60. The van der Waals surface area contributed by atoms with Crippen LogP contribution in [0.25, 0.3) is 17.3 Å². The summed E-state index contributed by atoms with van der Waals surface area (Å²) < 4.78 is 35.2. The molecule has 0 spiro atoms. The second-order valence-electron chi connectivity index (χ2n) is 10.5. The zero-order chi connectivity index (χ0) is 32.6. The summed E-state index contributed by atoms with van der Waals surface area (Å²) in [7, 11) is 4.42. The van der Waals surface area contributed by atoms with Crippen LogP contribution in [0.4, 0.5) is 0 Å². The monoisotopic (exact) mass is 628 g/mol. The van der Waals surface area contributed by atoms with Crippen LogP contribution in [0.1, 0.15) is 46.8 Å². The molecule has 1 aliphatic rings. The summed E-state index contributed by atoms with van der Waals surface area (Å²) in [6, 6.07) is 15.9. The van der Waals surface area contributed by atoms with E-state index in [0.29, 0.717) is 68.8 Å². The fraction of sp³-hybridized carbons (Fsp3) is 0.286. The minimum absolute atomic E-state index is 0.0605. The molecule has 1 N–H and O–H groups in total. The number of carboxylic acid groups (broad SMARTS) is 1. The molecule has 0 atom stereocenters. The van der Waals surface area contributed by atoms with Gasteiger partial charge in [0.25, 0.3) is 0 Å². The van der Waals surface area contributed by atoms with Crippen molar-refractivity contribution in [3.8, 4) is 40.0 Å². The van der Waals surface area contributed by atoms with Gasteiger partial charge < -0.3 is 33.5 Å². The molecular weight excluding hydrogens is 592 g/mol. The third kappa shape index (κ3) is 6.93. The van der Waals surface area contributed by atoms with Gasteiger partial charge in [0.1, 0.15) is 23.9 Å². The Morgan fingerprint density at radius 3 is 2.48 bits per heavy atom. The molecular formula is C35H36N2O9. The number of unbranched alkanes of at least 4 members (excludes halogenated alkanes) is 1. The van der Waals surface area contributed by atoms with Gasteiger partial charge in [-0.3, -0.25) is 4.68 Å². The lowest BCUT2D eigenvalue weighted by Gasteiger charge is -2.17. The number of carboxylic acids is 1. The molecule has 0 radical (unpaired) electrons. The normalized spacial score (nSPS) is 12.1. The number of esters is 1. The zero-order valence-electron chi connectivity index (χ0n) is 26.2. The van der Waals surface area contributed by atoms with Crippen LogP contribution < -0.4 is 23.7 Å². The van der Waals surface area contributed by atoms with E-state index in [0.717, 1.165) is 12.8 Å². The molecule has 0 unspecified atom stereocenters. The fourth-order valence-corrected chi connectivity index (χ4v) is 5.21. The Bertz CT molecular complexity index is 1760. The van der Waals surface area contributed by atoms with Crippen LogP contribution in [-0.2, 0) is 29.1 Å². The summed E-state index contributed by atoms with van der Waals surface area (Å²) in [6.07, 6.45) is 5.13. The Kier molecular flexibility index (Phi) is 10.1. The van der Waals surface area contributed by atoms with E-state index in [4.69, 9.17) is 28.4 Å². The van der Waals surface area contributed by atoms with Gasteiger partial charge in [0.2, 0.25) is 6.79 Å². The maximum absolute atomic E-state index is 12.6. The van der Waals surface area contributed by atoms with E-state index < -0.39 is 11.9 Å². The van der Waals surface area contributed by atoms with Gasteiger partial charge in [-0.05, 0) is 36.8 Å². The first-order valence-electron chi connectivity index (χ1n) is 14.8. The number of methoxy groups -OCH3 is 3. The minimum Gasteiger partial charge on any atom is -0.497 e. The molecule has 3 aromatic carbocycles. The number of hydrogen-bond acceptors (Lipinski definition) is 9. The largest absolute Gasteiger partial charge is 0.497 e. The van der Waals surface area contributed by atoms with Gasteiger partial charge in [-0.2, -0.15) is 5.10 Å². The van der Waals surface area contributed by atoms with E-state index in [2.05, 4.69) is 12.0 Å². The summed E-state index contributed by atoms with van der Waals surface area (Å²) in [6.45, 7) is 2.86. The molecule has 0 bridgehead atoms. The number of hydrogen-bond donors (Lipinski definition) is 1. The Hall–Kier alpha value is -5.45. The maximum atomic E-state index is 12.6. The minimum atomic E-state index is -1.09. The van der Waals surface area contributed by atoms with Crippen molar-refractivity contribution in [2.75, 3.05) is 28.1 Å². The number of aliphatic carboxylic acids is 1. The summed E-state index contributed by atoms with van der Waals surface area (Å²) >= 11 is 0. The zero-order valence-corrected chi connectivity index (χ0v) is 26.2. The second-order valence-corrected chi connectivity index (χ2v) is 10.5. The van der Waals surface area contributed by atoms with Gasteiger partial charge >= 0.3 is 11.9 Å². The van der Waals surface area contributed by atoms with Crippen LogP contribution in [0.15, 0.2) is 66.4 Å². The Labute approximate surface area is 266 Å². The average molecular weight is 629 g/mol. The molecule has 1 aliphatic heterocycles. The summed E-state index contributed by atoms with van der Waals surface area (Å²) in [5, 5.41) is 15.0. The lowest BCUT2D eigenvalue weighted by molar-refractivity contribution is -0.132. The van der Waals surface area contributed by atoms with Crippen LogP contribution in [-0.4, -0.2) is 54.9 Å². The highest BCUT2D eigenvalue weighted by Gasteiger charge is 2.23. The number of carbonyl (C=O) groups excluding carboxylic acids is 1. The van der Waals surface area contributed by atoms with E-state index in [-0.39, 0.29) is 25.4 Å². The summed E-state index contributed by atoms with van der Waals surface area (Å²) in [4.78, 5) is 25.0. The van der Waals surface area contributed by atoms with E-state index in [1.165, 1.54) is 14.2 Å². The number of nitrogens with zero attached hydrogens (tertiary/aromatic N) is 2. The van der Waals surface area contributed by atoms with E-state index >= 15 is 0 Å². The molecule has 240 valence electrons. The predicted molar refractivity (Wildman–Crippen MR) is 170 cm³/mol. The lowest BCUT2D eigenvalue weighted by atomic mass is 9.99. The van der Waals surface area contributed by atoms with Gasteiger partial charge in [-0.1, -0.05) is 31.5 Å². The van der Waals surface area contributed by atoms with Crippen molar-refractivity contribution < 1.29 is 43.1 Å². The summed E-state index contributed by atoms with van der Waals surface area (Å²) in [5.41, 5.74) is 3.77. The van der Waals surface area contributed by atoms with Gasteiger partial charge in [-0.25, -0.2) is 9.59 Å².